The number of nitrogens with one attached hydrogen (secondary N) is 1. The fourth-order valence-electron chi connectivity index (χ4n) is 6.19. The Bertz CT molecular complexity index is 1040. The van der Waals surface area contributed by atoms with Gasteiger partial charge in [-0.3, -0.25) is 4.79 Å². The van der Waals surface area contributed by atoms with E-state index in [1.807, 2.05) is 0 Å². The van der Waals surface area contributed by atoms with Crippen LogP contribution in [0.1, 0.15) is 6.92 Å². The van der Waals surface area contributed by atoms with Gasteiger partial charge in [0.2, 0.25) is 5.91 Å². The average Bonchev–Trinajstić information content (AvgIpc) is 3.41. The van der Waals surface area contributed by atoms with E-state index in [2.05, 4.69) is 5.32 Å². The molecule has 0 unspecified atom stereocenters. The van der Waals surface area contributed by atoms with E-state index < -0.39 is 155 Å². The van der Waals surface area contributed by atoms with Crippen molar-refractivity contribution in [3.8, 4) is 0 Å². The molecule has 22 heteroatoms. The van der Waals surface area contributed by atoms with Gasteiger partial charge in [-0.05, 0) is 0 Å². The second kappa shape index (κ2) is 17.5. The Balaban J connectivity index is 1.74. The second-order valence-corrected chi connectivity index (χ2v) is 12.1. The highest BCUT2D eigenvalue weighted by atomic mass is 16.8. The lowest BCUT2D eigenvalue weighted by molar-refractivity contribution is -0.348. The monoisotopic (exact) mass is 721 g/mol. The zero-order valence-electron chi connectivity index (χ0n) is 26.4. The normalized spacial score (nSPS) is 48.3. The fourth-order valence-corrected chi connectivity index (χ4v) is 6.19. The van der Waals surface area contributed by atoms with Crippen molar-refractivity contribution in [2.45, 2.75) is 130 Å². The zero-order valence-corrected chi connectivity index (χ0v) is 26.4. The highest BCUT2D eigenvalue weighted by Gasteiger charge is 2.58. The molecule has 0 aliphatic carbocycles. The summed E-state index contributed by atoms with van der Waals surface area (Å²) in [5, 5.41) is 126. The summed E-state index contributed by atoms with van der Waals surface area (Å²) in [6, 6.07) is -1.34. The molecule has 49 heavy (non-hydrogen) atoms. The minimum atomic E-state index is -2.00. The molecule has 4 fully saturated rings. The van der Waals surface area contributed by atoms with Gasteiger partial charge in [-0.1, -0.05) is 0 Å². The Morgan fingerprint density at radius 1 is 0.633 bits per heavy atom. The average molecular weight is 722 g/mol. The lowest BCUT2D eigenvalue weighted by Crippen LogP contribution is -2.66. The first-order chi connectivity index (χ1) is 23.2. The SMILES string of the molecule is CO[C@H]1[C@H](O)[C@@H](CO)O[C@H](O[C@H]2[C@@H](O[C@@H]3[C@@H](O)[C@@H](O)[C@@H](CO)O[C@@H]3O)O[C@@H]([C@H](O)CO)[C@@H]2O[C@H]2O[C@H](CO)[C@H](O)[C@H](O)[C@H]2O)[C@@H]1NC(C)=O. The molecule has 4 heterocycles. The Labute approximate surface area is 278 Å². The van der Waals surface area contributed by atoms with Crippen molar-refractivity contribution in [2.75, 3.05) is 33.5 Å². The highest BCUT2D eigenvalue weighted by molar-refractivity contribution is 5.73. The molecule has 20 atom stereocenters. The topological polar surface area (TPSA) is 346 Å². The number of hydrogen-bond donors (Lipinski definition) is 13. The molecule has 4 aliphatic rings. The minimum Gasteiger partial charge on any atom is -0.394 e. The summed E-state index contributed by atoms with van der Waals surface area (Å²) in [6.45, 7) is -2.25. The number of aliphatic hydroxyl groups is 12. The molecule has 13 N–H and O–H groups in total. The molecule has 4 aliphatic heterocycles. The molecular weight excluding hydrogens is 674 g/mol. The summed E-state index contributed by atoms with van der Waals surface area (Å²) < 4.78 is 45.4. The van der Waals surface area contributed by atoms with Gasteiger partial charge in [0.15, 0.2) is 25.2 Å². The Kier molecular flexibility index (Phi) is 14.4. The first-order valence-corrected chi connectivity index (χ1v) is 15.5. The number of carbonyl (C=O) groups excluding carboxylic acids is 1. The third kappa shape index (κ3) is 8.50. The number of ether oxygens (including phenoxy) is 8. The number of amides is 1. The molecule has 0 saturated carbocycles. The third-order valence-corrected chi connectivity index (χ3v) is 8.83. The molecule has 4 saturated heterocycles. The molecule has 0 radical (unpaired) electrons. The highest BCUT2D eigenvalue weighted by Crippen LogP contribution is 2.37. The fraction of sp³-hybridized carbons (Fsp3) is 0.963. The largest absolute Gasteiger partial charge is 0.394 e. The molecule has 1 amide bonds. The first kappa shape index (κ1) is 40.4. The van der Waals surface area contributed by atoms with Gasteiger partial charge in [-0.25, -0.2) is 0 Å². The van der Waals surface area contributed by atoms with Crippen molar-refractivity contribution >= 4 is 5.91 Å². The van der Waals surface area contributed by atoms with E-state index in [1.165, 1.54) is 7.11 Å². The summed E-state index contributed by atoms with van der Waals surface area (Å²) in [6.07, 6.45) is -32.8. The Morgan fingerprint density at radius 3 is 1.73 bits per heavy atom. The van der Waals surface area contributed by atoms with Crippen molar-refractivity contribution in [1.82, 2.24) is 5.32 Å². The van der Waals surface area contributed by atoms with Gasteiger partial charge in [0.25, 0.3) is 0 Å². The minimum absolute atomic E-state index is 0.643. The summed E-state index contributed by atoms with van der Waals surface area (Å²) in [7, 11) is 1.19. The predicted molar refractivity (Wildman–Crippen MR) is 150 cm³/mol. The van der Waals surface area contributed by atoms with Crippen LogP contribution >= 0.6 is 0 Å². The van der Waals surface area contributed by atoms with E-state index in [9.17, 15) is 66.1 Å². The zero-order chi connectivity index (χ0) is 36.3. The van der Waals surface area contributed by atoms with E-state index >= 15 is 0 Å². The molecule has 0 aromatic rings. The van der Waals surface area contributed by atoms with Gasteiger partial charge < -0.3 is 104 Å². The molecule has 0 spiro atoms. The van der Waals surface area contributed by atoms with Crippen molar-refractivity contribution in [1.29, 1.82) is 0 Å². The molecule has 4 rings (SSSR count). The Morgan fingerprint density at radius 2 is 1.16 bits per heavy atom. The maximum absolute atomic E-state index is 12.2. The standard InChI is InChI=1S/C27H47NO21/c1-7(33)28-12-20(42-2)15(37)11(6-32)44-25(12)49-23-22(48-26-18(40)16(38)13(35)10(5-31)45-26)19(8(34)3-29)46-27(23)47-21-17(39)14(36)9(4-30)43-24(21)41/h8-27,29-32,34-41H,3-6H2,1-2H3,(H,28,33)/t8-,9-,10-,11-,12-,13+,14+,15-,16+,17+,18-,19+,20-,21-,22+,23-,24+,25-,26-,27-/m1/s1. The third-order valence-electron chi connectivity index (χ3n) is 8.83. The number of aliphatic hydroxyl groups excluding tert-OH is 12. The molecular formula is C27H47NO21. The van der Waals surface area contributed by atoms with Crippen LogP contribution in [0.2, 0.25) is 0 Å². The predicted octanol–water partition coefficient (Wildman–Crippen LogP) is -8.95. The van der Waals surface area contributed by atoms with Crippen LogP contribution in [0.3, 0.4) is 0 Å². The number of methoxy groups -OCH3 is 1. The maximum Gasteiger partial charge on any atom is 0.217 e. The van der Waals surface area contributed by atoms with Gasteiger partial charge >= 0.3 is 0 Å². The van der Waals surface area contributed by atoms with Crippen molar-refractivity contribution in [3.05, 3.63) is 0 Å². The van der Waals surface area contributed by atoms with E-state index in [0.29, 0.717) is 0 Å². The van der Waals surface area contributed by atoms with Gasteiger partial charge in [-0.2, -0.15) is 0 Å². The lowest BCUT2D eigenvalue weighted by Gasteiger charge is -2.46. The van der Waals surface area contributed by atoms with Crippen LogP contribution in [-0.2, 0) is 42.7 Å². The quantitative estimate of drug-likeness (QED) is 0.0839. The van der Waals surface area contributed by atoms with Gasteiger partial charge in [0.05, 0.1) is 26.4 Å². The van der Waals surface area contributed by atoms with E-state index in [4.69, 9.17) is 37.9 Å². The molecule has 286 valence electrons. The Hall–Kier alpha value is -1.33. The van der Waals surface area contributed by atoms with Gasteiger partial charge in [0.1, 0.15) is 97.6 Å². The van der Waals surface area contributed by atoms with Crippen LogP contribution in [0.15, 0.2) is 0 Å². The number of carbonyl (C=O) groups is 1. The first-order valence-electron chi connectivity index (χ1n) is 15.5. The summed E-state index contributed by atoms with van der Waals surface area (Å²) in [5.41, 5.74) is 0. The van der Waals surface area contributed by atoms with Gasteiger partial charge in [0, 0.05) is 14.0 Å². The van der Waals surface area contributed by atoms with Crippen LogP contribution in [0.4, 0.5) is 0 Å². The maximum atomic E-state index is 12.2. The van der Waals surface area contributed by atoms with Crippen molar-refractivity contribution < 1.29 is 104 Å². The van der Waals surface area contributed by atoms with E-state index in [-0.39, 0.29) is 0 Å². The molecule has 0 aromatic carbocycles. The van der Waals surface area contributed by atoms with Crippen LogP contribution < -0.4 is 5.32 Å². The van der Waals surface area contributed by atoms with Crippen LogP contribution in [-0.4, -0.2) is 223 Å². The molecule has 0 aromatic heterocycles. The lowest BCUT2D eigenvalue weighted by atomic mass is 9.96. The number of hydrogen-bond acceptors (Lipinski definition) is 21. The van der Waals surface area contributed by atoms with Crippen molar-refractivity contribution in [3.63, 3.8) is 0 Å². The van der Waals surface area contributed by atoms with E-state index in [1.54, 1.807) is 0 Å². The van der Waals surface area contributed by atoms with Crippen molar-refractivity contribution in [2.24, 2.45) is 0 Å². The molecule has 22 nitrogen and oxygen atoms in total. The van der Waals surface area contributed by atoms with Crippen LogP contribution in [0, 0.1) is 0 Å². The summed E-state index contributed by atoms with van der Waals surface area (Å²) in [5.74, 6) is -0.643. The smallest absolute Gasteiger partial charge is 0.217 e. The summed E-state index contributed by atoms with van der Waals surface area (Å²) >= 11 is 0. The second-order valence-electron chi connectivity index (χ2n) is 12.1. The van der Waals surface area contributed by atoms with Crippen LogP contribution in [0.25, 0.3) is 0 Å². The number of rotatable bonds is 13. The van der Waals surface area contributed by atoms with E-state index in [0.717, 1.165) is 6.92 Å². The van der Waals surface area contributed by atoms with Gasteiger partial charge in [-0.15, -0.1) is 0 Å². The summed E-state index contributed by atoms with van der Waals surface area (Å²) in [4.78, 5) is 12.2. The molecule has 0 bridgehead atoms. The van der Waals surface area contributed by atoms with Crippen LogP contribution in [0.5, 0.6) is 0 Å².